The Morgan fingerprint density at radius 3 is 2.38 bits per heavy atom. The van der Waals surface area contributed by atoms with Crippen molar-refractivity contribution >= 4 is 46.9 Å². The summed E-state index contributed by atoms with van der Waals surface area (Å²) in [6.07, 6.45) is 7.79. The summed E-state index contributed by atoms with van der Waals surface area (Å²) in [5, 5.41) is 18.0. The molecule has 2 aromatic rings. The lowest BCUT2D eigenvalue weighted by Crippen LogP contribution is -2.49. The summed E-state index contributed by atoms with van der Waals surface area (Å²) in [7, 11) is 0. The summed E-state index contributed by atoms with van der Waals surface area (Å²) in [5.74, 6) is -1.06. The highest BCUT2D eigenvalue weighted by Gasteiger charge is 2.27. The van der Waals surface area contributed by atoms with Gasteiger partial charge in [-0.25, -0.2) is 4.39 Å². The molecule has 1 aromatic heterocycles. The second-order valence-corrected chi connectivity index (χ2v) is 14.0. The molecule has 0 saturated carbocycles. The van der Waals surface area contributed by atoms with Crippen molar-refractivity contribution in [2.45, 2.75) is 77.7 Å². The average molecular weight is 722 g/mol. The third kappa shape index (κ3) is 10.3. The first-order chi connectivity index (χ1) is 25.0. The maximum atomic E-state index is 13.9. The van der Waals surface area contributed by atoms with Crippen molar-refractivity contribution in [3.05, 3.63) is 52.1 Å². The number of aliphatic hydroxyl groups is 1. The van der Waals surface area contributed by atoms with Crippen molar-refractivity contribution in [1.82, 2.24) is 30.3 Å². The molecule has 3 aliphatic rings. The topological polar surface area (TPSA) is 167 Å². The van der Waals surface area contributed by atoms with Gasteiger partial charge in [0.15, 0.2) is 0 Å². The normalized spacial score (nSPS) is 18.1. The first-order valence-corrected chi connectivity index (χ1v) is 18.5. The Labute approximate surface area is 304 Å². The van der Waals surface area contributed by atoms with Crippen molar-refractivity contribution in [2.24, 2.45) is 0 Å². The van der Waals surface area contributed by atoms with Gasteiger partial charge in [-0.15, -0.1) is 0 Å². The van der Waals surface area contributed by atoms with Crippen LogP contribution in [0.5, 0.6) is 0 Å². The Bertz CT molecular complexity index is 1660. The second-order valence-electron chi connectivity index (χ2n) is 14.0. The maximum absolute atomic E-state index is 13.9. The lowest BCUT2D eigenvalue weighted by atomic mass is 10.0. The summed E-state index contributed by atoms with van der Waals surface area (Å²) in [5.41, 5.74) is 3.94. The third-order valence-electron chi connectivity index (χ3n) is 10.2. The van der Waals surface area contributed by atoms with Crippen molar-refractivity contribution in [1.29, 1.82) is 0 Å². The molecule has 1 atom stereocenters. The molecule has 5 amide bonds. The average Bonchev–Trinajstić information content (AvgIpc) is 3.78. The number of hydrogen-bond acceptors (Lipinski definition) is 7. The third-order valence-corrected chi connectivity index (χ3v) is 10.2. The van der Waals surface area contributed by atoms with Gasteiger partial charge in [0, 0.05) is 81.3 Å². The number of unbranched alkanes of at least 4 members (excludes halogenated alkanes) is 4. The van der Waals surface area contributed by atoms with E-state index >= 15 is 0 Å². The second kappa shape index (κ2) is 18.3. The molecule has 5 rings (SSSR count). The van der Waals surface area contributed by atoms with Gasteiger partial charge in [-0.2, -0.15) is 0 Å². The van der Waals surface area contributed by atoms with Crippen molar-refractivity contribution in [2.75, 3.05) is 64.2 Å². The number of aromatic amines is 1. The number of aryl methyl sites for hydroxylation is 1. The van der Waals surface area contributed by atoms with Gasteiger partial charge in [-0.1, -0.05) is 19.3 Å². The van der Waals surface area contributed by atoms with Crippen LogP contribution < -0.4 is 16.0 Å². The van der Waals surface area contributed by atoms with E-state index in [0.29, 0.717) is 91.3 Å². The van der Waals surface area contributed by atoms with Crippen LogP contribution >= 0.6 is 0 Å². The Morgan fingerprint density at radius 2 is 1.65 bits per heavy atom. The number of β-amino-alcohol motifs (C(OH)–C–C–N with tert-alkyl or cyclic N) is 1. The summed E-state index contributed by atoms with van der Waals surface area (Å²) >= 11 is 0. The molecular weight excluding hydrogens is 669 g/mol. The number of halogens is 1. The van der Waals surface area contributed by atoms with Gasteiger partial charge < -0.3 is 35.8 Å². The number of nitrogens with zero attached hydrogens (tertiary/aromatic N) is 3. The van der Waals surface area contributed by atoms with Crippen LogP contribution in [0, 0.1) is 19.7 Å². The zero-order valence-electron chi connectivity index (χ0n) is 30.3. The van der Waals surface area contributed by atoms with Gasteiger partial charge in [-0.05, 0) is 75.9 Å². The minimum absolute atomic E-state index is 0.0257. The van der Waals surface area contributed by atoms with E-state index in [1.54, 1.807) is 11.0 Å². The summed E-state index contributed by atoms with van der Waals surface area (Å²) < 4.78 is 13.9. The smallest absolute Gasteiger partial charge is 0.256 e. The van der Waals surface area contributed by atoms with E-state index in [-0.39, 0.29) is 36.1 Å². The van der Waals surface area contributed by atoms with Gasteiger partial charge in [0.2, 0.25) is 17.7 Å². The van der Waals surface area contributed by atoms with Gasteiger partial charge >= 0.3 is 0 Å². The number of carbonyl (C=O) groups is 5. The van der Waals surface area contributed by atoms with Crippen LogP contribution in [0.15, 0.2) is 18.2 Å². The number of H-pyrrole nitrogens is 1. The van der Waals surface area contributed by atoms with Gasteiger partial charge in [0.25, 0.3) is 11.8 Å². The van der Waals surface area contributed by atoms with Crippen LogP contribution in [0.4, 0.5) is 10.1 Å². The van der Waals surface area contributed by atoms with Crippen molar-refractivity contribution in [3.8, 4) is 0 Å². The summed E-state index contributed by atoms with van der Waals surface area (Å²) in [4.78, 5) is 71.6. The molecule has 5 N–H and O–H groups in total. The van der Waals surface area contributed by atoms with E-state index in [1.165, 1.54) is 18.2 Å². The number of rotatable bonds is 16. The number of carbonyl (C=O) groups excluding carboxylic acids is 5. The Morgan fingerprint density at radius 1 is 0.923 bits per heavy atom. The Kier molecular flexibility index (Phi) is 13.6. The molecule has 0 unspecified atom stereocenters. The van der Waals surface area contributed by atoms with Crippen LogP contribution in [-0.4, -0.2) is 119 Å². The molecule has 0 radical (unpaired) electrons. The molecule has 0 spiro atoms. The molecule has 0 bridgehead atoms. The number of fused-ring (bicyclic) bond motifs is 1. The number of nitrogens with one attached hydrogen (secondary N) is 4. The number of amides is 5. The molecule has 4 heterocycles. The van der Waals surface area contributed by atoms with E-state index in [9.17, 15) is 33.5 Å². The largest absolute Gasteiger partial charge is 0.391 e. The summed E-state index contributed by atoms with van der Waals surface area (Å²) in [6, 6.07) is 4.16. The number of aromatic nitrogens is 1. The fourth-order valence-electron chi connectivity index (χ4n) is 7.11. The van der Waals surface area contributed by atoms with E-state index < -0.39 is 11.9 Å². The van der Waals surface area contributed by atoms with E-state index in [4.69, 9.17) is 0 Å². The van der Waals surface area contributed by atoms with Crippen LogP contribution in [0.1, 0.15) is 90.7 Å². The van der Waals surface area contributed by atoms with E-state index in [0.717, 1.165) is 58.2 Å². The molecule has 0 aliphatic carbocycles. The van der Waals surface area contributed by atoms with Gasteiger partial charge in [-0.3, -0.25) is 28.9 Å². The van der Waals surface area contributed by atoms with Crippen LogP contribution in [0.3, 0.4) is 0 Å². The number of benzene rings is 1. The number of piperazine rings is 1. The minimum Gasteiger partial charge on any atom is -0.391 e. The number of likely N-dealkylation sites (tertiary alicyclic amines) is 1. The zero-order chi connectivity index (χ0) is 37.2. The standard InChI is InChI=1S/C38H52FN7O6/c1-25-32(22-30-29-21-27(39)11-12-31(29)43-37(30)51)42-26(2)36(25)38(52)40-14-8-15-44-17-19-45(20-18-44)34(49)10-7-5-3-4-6-9-33(48)41-23-35(50)46-16-13-28(47)24-46/h11-12,21-22,28,42,47H,3-10,13-20,23-24H2,1-2H3,(H,40,52)(H,41,48)(H,43,51)/b30-22-/t28-/m1/s1. The number of hydrogen-bond donors (Lipinski definition) is 5. The zero-order valence-corrected chi connectivity index (χ0v) is 30.3. The fraction of sp³-hybridized carbons (Fsp3) is 0.553. The summed E-state index contributed by atoms with van der Waals surface area (Å²) in [6.45, 7) is 8.76. The molecule has 2 fully saturated rings. The maximum Gasteiger partial charge on any atom is 0.256 e. The van der Waals surface area contributed by atoms with Crippen LogP contribution in [0.25, 0.3) is 11.6 Å². The first kappa shape index (κ1) is 38.7. The number of anilines is 1. The van der Waals surface area contributed by atoms with Gasteiger partial charge in [0.1, 0.15) is 5.82 Å². The Hall–Kier alpha value is -4.56. The predicted octanol–water partition coefficient (Wildman–Crippen LogP) is 2.97. The fourth-order valence-corrected chi connectivity index (χ4v) is 7.11. The monoisotopic (exact) mass is 721 g/mol. The lowest BCUT2D eigenvalue weighted by Gasteiger charge is -2.34. The van der Waals surface area contributed by atoms with E-state index in [1.807, 2.05) is 18.7 Å². The quantitative estimate of drug-likeness (QED) is 0.131. The van der Waals surface area contributed by atoms with Gasteiger partial charge in [0.05, 0.1) is 23.8 Å². The first-order valence-electron chi connectivity index (χ1n) is 18.5. The lowest BCUT2D eigenvalue weighted by molar-refractivity contribution is -0.133. The molecular formula is C38H52FN7O6. The Balaban J connectivity index is 0.912. The SMILES string of the molecule is Cc1[nH]c(/C=C2\C(=O)Nc3ccc(F)cc32)c(C)c1C(=O)NCCCN1CCN(C(=O)CCCCCCCC(=O)NCC(=O)N2CC[C@@H](O)C2)CC1. The predicted molar refractivity (Wildman–Crippen MR) is 196 cm³/mol. The molecule has 1 aromatic carbocycles. The van der Waals surface area contributed by atoms with Crippen molar-refractivity contribution < 1.29 is 33.5 Å². The molecule has 52 heavy (non-hydrogen) atoms. The van der Waals surface area contributed by atoms with Crippen LogP contribution in [-0.2, 0) is 19.2 Å². The molecule has 14 heteroatoms. The highest BCUT2D eigenvalue weighted by molar-refractivity contribution is 6.35. The minimum atomic E-state index is -0.468. The molecule has 2 saturated heterocycles. The number of aliphatic hydroxyl groups excluding tert-OH is 1. The highest BCUT2D eigenvalue weighted by atomic mass is 19.1. The van der Waals surface area contributed by atoms with Crippen molar-refractivity contribution in [3.63, 3.8) is 0 Å². The molecule has 3 aliphatic heterocycles. The van der Waals surface area contributed by atoms with Crippen LogP contribution in [0.2, 0.25) is 0 Å². The molecule has 13 nitrogen and oxygen atoms in total. The highest BCUT2D eigenvalue weighted by Crippen LogP contribution is 2.34. The van der Waals surface area contributed by atoms with E-state index in [2.05, 4.69) is 25.8 Å². The molecule has 282 valence electrons.